The van der Waals surface area contributed by atoms with Crippen LogP contribution in [0.3, 0.4) is 0 Å². The van der Waals surface area contributed by atoms with Crippen molar-refractivity contribution in [3.8, 4) is 0 Å². The molecule has 1 amide bonds. The zero-order valence-electron chi connectivity index (χ0n) is 14.6. The van der Waals surface area contributed by atoms with E-state index in [1.807, 2.05) is 41.6 Å². The molecule has 0 bridgehead atoms. The van der Waals surface area contributed by atoms with Gasteiger partial charge in [-0.05, 0) is 51.0 Å². The number of carbonyl (C=O) groups is 1. The summed E-state index contributed by atoms with van der Waals surface area (Å²) in [6, 6.07) is 7.74. The molecule has 1 unspecified atom stereocenters. The molecule has 2 aromatic heterocycles. The van der Waals surface area contributed by atoms with Crippen LogP contribution < -0.4 is 0 Å². The van der Waals surface area contributed by atoms with Crippen molar-refractivity contribution >= 4 is 16.9 Å². The zero-order chi connectivity index (χ0) is 17.4. The molecule has 1 aromatic carbocycles. The number of nitrogens with one attached hydrogen (secondary N) is 1. The van der Waals surface area contributed by atoms with E-state index in [1.54, 1.807) is 0 Å². The summed E-state index contributed by atoms with van der Waals surface area (Å²) < 4.78 is 1.83. The van der Waals surface area contributed by atoms with Crippen LogP contribution >= 0.6 is 0 Å². The predicted octanol–water partition coefficient (Wildman–Crippen LogP) is 2.50. The molecule has 3 heterocycles. The van der Waals surface area contributed by atoms with E-state index in [1.165, 1.54) is 0 Å². The number of aromatic amines is 1. The van der Waals surface area contributed by atoms with E-state index < -0.39 is 0 Å². The highest BCUT2D eigenvalue weighted by Crippen LogP contribution is 2.27. The molecule has 1 N–H and O–H groups in total. The van der Waals surface area contributed by atoms with Crippen LogP contribution in [0.1, 0.15) is 47.4 Å². The maximum absolute atomic E-state index is 12.9. The van der Waals surface area contributed by atoms with Gasteiger partial charge in [-0.25, -0.2) is 4.68 Å². The van der Waals surface area contributed by atoms with Crippen LogP contribution in [-0.2, 0) is 6.54 Å². The molecule has 3 aromatic rings. The normalized spacial score (nSPS) is 18.0. The van der Waals surface area contributed by atoms with E-state index in [9.17, 15) is 4.79 Å². The lowest BCUT2D eigenvalue weighted by Crippen LogP contribution is -2.39. The number of carbonyl (C=O) groups excluding carboxylic acids is 1. The maximum Gasteiger partial charge on any atom is 0.253 e. The summed E-state index contributed by atoms with van der Waals surface area (Å²) in [7, 11) is 0. The average Bonchev–Trinajstić information content (AvgIpc) is 3.26. The number of hydrogen-bond donors (Lipinski definition) is 1. The standard InChI is InChI=1S/C18H22N6O/c1-3-24-17-7-6-13(10-16(17)21-22-24)18(25)23-8-4-5-14(11-23)15-9-12(2)19-20-15/h6-7,9-10,14H,3-5,8,11H2,1-2H3,(H,19,20). The Morgan fingerprint density at radius 3 is 3.00 bits per heavy atom. The maximum atomic E-state index is 12.9. The van der Waals surface area contributed by atoms with E-state index in [2.05, 4.69) is 26.6 Å². The van der Waals surface area contributed by atoms with Gasteiger partial charge < -0.3 is 4.90 Å². The Labute approximate surface area is 146 Å². The largest absolute Gasteiger partial charge is 0.338 e. The summed E-state index contributed by atoms with van der Waals surface area (Å²) in [5.74, 6) is 0.359. The lowest BCUT2D eigenvalue weighted by molar-refractivity contribution is 0.0706. The molecule has 7 nitrogen and oxygen atoms in total. The lowest BCUT2D eigenvalue weighted by atomic mass is 9.94. The van der Waals surface area contributed by atoms with Crippen molar-refractivity contribution in [2.45, 2.75) is 39.2 Å². The third-order valence-electron chi connectivity index (χ3n) is 4.91. The Hall–Kier alpha value is -2.70. The van der Waals surface area contributed by atoms with E-state index >= 15 is 0 Å². The van der Waals surface area contributed by atoms with Crippen molar-refractivity contribution in [1.29, 1.82) is 0 Å². The average molecular weight is 338 g/mol. The summed E-state index contributed by atoms with van der Waals surface area (Å²) in [6.45, 7) is 6.29. The Bertz CT molecular complexity index is 911. The molecule has 130 valence electrons. The van der Waals surface area contributed by atoms with Crippen LogP contribution in [0, 0.1) is 6.92 Å². The number of likely N-dealkylation sites (tertiary alicyclic amines) is 1. The molecular formula is C18H22N6O. The fourth-order valence-electron chi connectivity index (χ4n) is 3.57. The molecule has 1 aliphatic rings. The SMILES string of the molecule is CCn1nnc2cc(C(=O)N3CCCC(c4cc(C)[nH]n4)C3)ccc21. The third kappa shape index (κ3) is 2.90. The van der Waals surface area contributed by atoms with Gasteiger partial charge in [0.15, 0.2) is 0 Å². The highest BCUT2D eigenvalue weighted by molar-refractivity contribution is 5.97. The molecule has 0 radical (unpaired) electrons. The van der Waals surface area contributed by atoms with Crippen LogP contribution in [0.5, 0.6) is 0 Å². The van der Waals surface area contributed by atoms with Gasteiger partial charge in [0.05, 0.1) is 11.2 Å². The number of piperidine rings is 1. The van der Waals surface area contributed by atoms with Gasteiger partial charge in [-0.3, -0.25) is 9.89 Å². The van der Waals surface area contributed by atoms with E-state index in [0.29, 0.717) is 18.0 Å². The second-order valence-corrected chi connectivity index (χ2v) is 6.67. The number of nitrogens with zero attached hydrogens (tertiary/aromatic N) is 5. The van der Waals surface area contributed by atoms with Crippen molar-refractivity contribution in [2.24, 2.45) is 0 Å². The van der Waals surface area contributed by atoms with Crippen LogP contribution in [-0.4, -0.2) is 49.1 Å². The molecule has 4 rings (SSSR count). The Kier molecular flexibility index (Phi) is 3.99. The first kappa shape index (κ1) is 15.8. The Morgan fingerprint density at radius 1 is 1.36 bits per heavy atom. The van der Waals surface area contributed by atoms with Gasteiger partial charge >= 0.3 is 0 Å². The number of aromatic nitrogens is 5. The smallest absolute Gasteiger partial charge is 0.253 e. The molecule has 0 saturated carbocycles. The van der Waals surface area contributed by atoms with Crippen LogP contribution in [0.4, 0.5) is 0 Å². The first-order valence-electron chi connectivity index (χ1n) is 8.80. The van der Waals surface area contributed by atoms with Gasteiger partial charge in [0, 0.05) is 36.8 Å². The monoisotopic (exact) mass is 338 g/mol. The minimum atomic E-state index is 0.0601. The van der Waals surface area contributed by atoms with Crippen molar-refractivity contribution in [1.82, 2.24) is 30.1 Å². The van der Waals surface area contributed by atoms with Gasteiger partial charge in [0.25, 0.3) is 5.91 Å². The number of aryl methyl sites for hydroxylation is 2. The summed E-state index contributed by atoms with van der Waals surface area (Å²) in [5, 5.41) is 15.7. The first-order valence-corrected chi connectivity index (χ1v) is 8.80. The second kappa shape index (κ2) is 6.31. The summed E-state index contributed by atoms with van der Waals surface area (Å²) in [5.41, 5.74) is 4.51. The highest BCUT2D eigenvalue weighted by Gasteiger charge is 2.27. The molecule has 25 heavy (non-hydrogen) atoms. The molecule has 0 spiro atoms. The predicted molar refractivity (Wildman–Crippen MR) is 94.4 cm³/mol. The highest BCUT2D eigenvalue weighted by atomic mass is 16.2. The molecule has 0 aliphatic carbocycles. The van der Waals surface area contributed by atoms with Crippen molar-refractivity contribution in [2.75, 3.05) is 13.1 Å². The Balaban J connectivity index is 1.55. The van der Waals surface area contributed by atoms with Gasteiger partial charge in [-0.1, -0.05) is 5.21 Å². The van der Waals surface area contributed by atoms with Crippen LogP contribution in [0.25, 0.3) is 11.0 Å². The topological polar surface area (TPSA) is 79.7 Å². The lowest BCUT2D eigenvalue weighted by Gasteiger charge is -2.32. The van der Waals surface area contributed by atoms with Gasteiger partial charge in [-0.15, -0.1) is 5.10 Å². The summed E-state index contributed by atoms with van der Waals surface area (Å²) in [6.07, 6.45) is 2.06. The van der Waals surface area contributed by atoms with E-state index in [0.717, 1.165) is 48.4 Å². The molecule has 1 aliphatic heterocycles. The van der Waals surface area contributed by atoms with E-state index in [4.69, 9.17) is 0 Å². The number of amides is 1. The van der Waals surface area contributed by atoms with Crippen molar-refractivity contribution in [3.05, 3.63) is 41.2 Å². The number of benzene rings is 1. The molecule has 1 saturated heterocycles. The minimum Gasteiger partial charge on any atom is -0.338 e. The Morgan fingerprint density at radius 2 is 2.24 bits per heavy atom. The number of H-pyrrole nitrogens is 1. The fourth-order valence-corrected chi connectivity index (χ4v) is 3.57. The number of fused-ring (bicyclic) bond motifs is 1. The molecule has 7 heteroatoms. The number of hydrogen-bond acceptors (Lipinski definition) is 4. The van der Waals surface area contributed by atoms with Gasteiger partial charge in [0.1, 0.15) is 5.52 Å². The second-order valence-electron chi connectivity index (χ2n) is 6.67. The van der Waals surface area contributed by atoms with Crippen LogP contribution in [0.2, 0.25) is 0 Å². The quantitative estimate of drug-likeness (QED) is 0.796. The molecular weight excluding hydrogens is 316 g/mol. The summed E-state index contributed by atoms with van der Waals surface area (Å²) >= 11 is 0. The minimum absolute atomic E-state index is 0.0601. The van der Waals surface area contributed by atoms with Crippen LogP contribution in [0.15, 0.2) is 24.3 Å². The molecule has 1 atom stereocenters. The summed E-state index contributed by atoms with van der Waals surface area (Å²) in [4.78, 5) is 14.9. The zero-order valence-corrected chi connectivity index (χ0v) is 14.6. The van der Waals surface area contributed by atoms with Gasteiger partial charge in [0.2, 0.25) is 0 Å². The van der Waals surface area contributed by atoms with Crippen molar-refractivity contribution in [3.63, 3.8) is 0 Å². The van der Waals surface area contributed by atoms with Gasteiger partial charge in [-0.2, -0.15) is 5.10 Å². The third-order valence-corrected chi connectivity index (χ3v) is 4.91. The van der Waals surface area contributed by atoms with Crippen molar-refractivity contribution < 1.29 is 4.79 Å². The first-order chi connectivity index (χ1) is 12.2. The molecule has 1 fully saturated rings. The number of rotatable bonds is 3. The fraction of sp³-hybridized carbons (Fsp3) is 0.444. The van der Waals surface area contributed by atoms with E-state index in [-0.39, 0.29) is 5.91 Å².